The Morgan fingerprint density at radius 2 is 2.04 bits per heavy atom. The number of amides is 1. The molecule has 1 aliphatic heterocycles. The predicted molar refractivity (Wildman–Crippen MR) is 103 cm³/mol. The van der Waals surface area contributed by atoms with Gasteiger partial charge in [-0.1, -0.05) is 24.3 Å². The smallest absolute Gasteiger partial charge is 0.335 e. The van der Waals surface area contributed by atoms with Gasteiger partial charge in [0, 0.05) is 26.1 Å². The van der Waals surface area contributed by atoms with E-state index in [4.69, 9.17) is 0 Å². The second kappa shape index (κ2) is 7.00. The van der Waals surface area contributed by atoms with Crippen LogP contribution in [-0.2, 0) is 7.05 Å². The molecule has 0 spiro atoms. The Balaban J connectivity index is 1.55. The van der Waals surface area contributed by atoms with Crippen LogP contribution in [0.4, 0.5) is 0 Å². The number of likely N-dealkylation sites (tertiary alicyclic amines) is 1. The molecule has 138 valence electrons. The van der Waals surface area contributed by atoms with E-state index in [1.807, 2.05) is 35.7 Å². The lowest BCUT2D eigenvalue weighted by Gasteiger charge is -2.17. The second-order valence-electron chi connectivity index (χ2n) is 6.64. The highest BCUT2D eigenvalue weighted by atomic mass is 32.1. The van der Waals surface area contributed by atoms with Crippen molar-refractivity contribution in [3.8, 4) is 10.6 Å². The molecular formula is C20H19N3O3S. The first-order valence-electron chi connectivity index (χ1n) is 8.74. The van der Waals surface area contributed by atoms with Gasteiger partial charge < -0.3 is 10.0 Å². The van der Waals surface area contributed by atoms with Crippen LogP contribution in [0.25, 0.3) is 10.6 Å². The third-order valence-corrected chi connectivity index (χ3v) is 5.87. The van der Waals surface area contributed by atoms with Crippen LogP contribution in [0, 0.1) is 0 Å². The van der Waals surface area contributed by atoms with E-state index >= 15 is 0 Å². The van der Waals surface area contributed by atoms with Gasteiger partial charge in [-0.25, -0.2) is 4.79 Å². The van der Waals surface area contributed by atoms with Crippen molar-refractivity contribution < 1.29 is 14.7 Å². The van der Waals surface area contributed by atoms with Crippen LogP contribution in [0.5, 0.6) is 0 Å². The first-order valence-corrected chi connectivity index (χ1v) is 9.62. The van der Waals surface area contributed by atoms with Crippen molar-refractivity contribution in [3.63, 3.8) is 0 Å². The van der Waals surface area contributed by atoms with Crippen LogP contribution in [0.3, 0.4) is 0 Å². The highest BCUT2D eigenvalue weighted by Gasteiger charge is 2.31. The number of thiophene rings is 1. The summed E-state index contributed by atoms with van der Waals surface area (Å²) in [5.74, 6) is -0.961. The van der Waals surface area contributed by atoms with Crippen molar-refractivity contribution in [2.45, 2.75) is 12.3 Å². The average Bonchev–Trinajstić information content (AvgIpc) is 3.41. The molecule has 3 heterocycles. The zero-order chi connectivity index (χ0) is 19.0. The number of aryl methyl sites for hydroxylation is 1. The largest absolute Gasteiger partial charge is 0.478 e. The minimum atomic E-state index is -0.928. The van der Waals surface area contributed by atoms with Crippen LogP contribution in [0.15, 0.2) is 47.8 Å². The summed E-state index contributed by atoms with van der Waals surface area (Å²) in [5.41, 5.74) is 2.45. The van der Waals surface area contributed by atoms with E-state index in [1.165, 1.54) is 0 Å². The number of hydrogen-bond donors (Lipinski definition) is 1. The Labute approximate surface area is 160 Å². The molecule has 6 nitrogen and oxygen atoms in total. The Morgan fingerprint density at radius 1 is 1.22 bits per heavy atom. The molecule has 1 aliphatic rings. The number of nitrogens with zero attached hydrogens (tertiary/aromatic N) is 3. The molecule has 1 N–H and O–H groups in total. The minimum Gasteiger partial charge on any atom is -0.478 e. The molecule has 0 unspecified atom stereocenters. The van der Waals surface area contributed by atoms with Gasteiger partial charge in [-0.2, -0.15) is 5.10 Å². The summed E-state index contributed by atoms with van der Waals surface area (Å²) >= 11 is 1.59. The van der Waals surface area contributed by atoms with E-state index in [0.717, 1.165) is 22.6 Å². The molecule has 1 fully saturated rings. The van der Waals surface area contributed by atoms with Crippen LogP contribution in [0.1, 0.15) is 38.7 Å². The third kappa shape index (κ3) is 3.26. The molecular weight excluding hydrogens is 362 g/mol. The molecule has 0 aliphatic carbocycles. The highest BCUT2D eigenvalue weighted by molar-refractivity contribution is 7.13. The number of carbonyl (C=O) groups excluding carboxylic acids is 1. The fourth-order valence-corrected chi connectivity index (χ4v) is 4.30. The topological polar surface area (TPSA) is 75.4 Å². The summed E-state index contributed by atoms with van der Waals surface area (Å²) in [7, 11) is 1.78. The molecule has 7 heteroatoms. The van der Waals surface area contributed by atoms with E-state index in [9.17, 15) is 14.7 Å². The number of rotatable bonds is 4. The van der Waals surface area contributed by atoms with E-state index < -0.39 is 5.97 Å². The van der Waals surface area contributed by atoms with Crippen LogP contribution < -0.4 is 0 Å². The van der Waals surface area contributed by atoms with Gasteiger partial charge in [0.2, 0.25) is 0 Å². The van der Waals surface area contributed by atoms with Crippen molar-refractivity contribution in [2.24, 2.45) is 7.05 Å². The zero-order valence-corrected chi connectivity index (χ0v) is 15.6. The maximum atomic E-state index is 13.0. The number of carboxylic acids is 1. The van der Waals surface area contributed by atoms with Crippen molar-refractivity contribution >= 4 is 23.2 Å². The van der Waals surface area contributed by atoms with Crippen molar-refractivity contribution in [3.05, 3.63) is 64.7 Å². The molecule has 2 aromatic heterocycles. The van der Waals surface area contributed by atoms with Gasteiger partial charge in [0.25, 0.3) is 5.91 Å². The first-order chi connectivity index (χ1) is 13.0. The Hall–Kier alpha value is -2.93. The molecule has 1 atom stereocenters. The molecule has 1 amide bonds. The summed E-state index contributed by atoms with van der Waals surface area (Å²) in [6.07, 6.45) is 0.756. The highest BCUT2D eigenvalue weighted by Crippen LogP contribution is 2.31. The molecule has 3 aromatic rings. The quantitative estimate of drug-likeness (QED) is 0.751. The van der Waals surface area contributed by atoms with Gasteiger partial charge in [-0.3, -0.25) is 9.48 Å². The maximum absolute atomic E-state index is 13.0. The van der Waals surface area contributed by atoms with Gasteiger partial charge in [0.15, 0.2) is 0 Å². The van der Waals surface area contributed by atoms with Crippen LogP contribution >= 0.6 is 11.3 Å². The van der Waals surface area contributed by atoms with Crippen molar-refractivity contribution in [2.75, 3.05) is 13.1 Å². The lowest BCUT2D eigenvalue weighted by molar-refractivity contribution is 0.0695. The second-order valence-corrected chi connectivity index (χ2v) is 7.59. The fourth-order valence-electron chi connectivity index (χ4n) is 3.62. The van der Waals surface area contributed by atoms with Gasteiger partial charge in [0.1, 0.15) is 11.4 Å². The predicted octanol–water partition coefficient (Wildman–Crippen LogP) is 3.48. The summed E-state index contributed by atoms with van der Waals surface area (Å²) in [6.45, 7) is 1.12. The number of benzene rings is 1. The first kappa shape index (κ1) is 17.5. The standard InChI is InChI=1S/C20H19N3O3S/c1-22-17(11-16(21-22)18-7-4-10-27-18)19(24)23-9-8-13(12-23)14-5-2-3-6-15(14)20(25)26/h2-7,10-11,13H,8-9,12H2,1H3,(H,25,26)/t13-/m1/s1. The molecule has 1 aromatic carbocycles. The Bertz CT molecular complexity index is 994. The zero-order valence-electron chi connectivity index (χ0n) is 14.8. The summed E-state index contributed by atoms with van der Waals surface area (Å²) in [6, 6.07) is 12.8. The minimum absolute atomic E-state index is 0.0336. The number of aromatic nitrogens is 2. The molecule has 0 radical (unpaired) electrons. The molecule has 0 saturated carbocycles. The molecule has 27 heavy (non-hydrogen) atoms. The Kier molecular flexibility index (Phi) is 4.53. The maximum Gasteiger partial charge on any atom is 0.335 e. The van der Waals surface area contributed by atoms with E-state index in [0.29, 0.717) is 24.3 Å². The SMILES string of the molecule is Cn1nc(-c2cccs2)cc1C(=O)N1CC[C@@H](c2ccccc2C(=O)O)C1. The van der Waals surface area contributed by atoms with E-state index in [1.54, 1.807) is 40.1 Å². The number of carbonyl (C=O) groups is 2. The lowest BCUT2D eigenvalue weighted by Crippen LogP contribution is -2.30. The van der Waals surface area contributed by atoms with Crippen LogP contribution in [0.2, 0.25) is 0 Å². The molecule has 1 saturated heterocycles. The van der Waals surface area contributed by atoms with Gasteiger partial charge >= 0.3 is 5.97 Å². The summed E-state index contributed by atoms with van der Waals surface area (Å²) in [4.78, 5) is 27.3. The third-order valence-electron chi connectivity index (χ3n) is 4.98. The Morgan fingerprint density at radius 3 is 2.78 bits per heavy atom. The lowest BCUT2D eigenvalue weighted by atomic mass is 9.93. The molecule has 0 bridgehead atoms. The number of carboxylic acid groups (broad SMARTS) is 1. The normalized spacial score (nSPS) is 16.6. The molecule has 4 rings (SSSR count). The van der Waals surface area contributed by atoms with Gasteiger partial charge in [-0.05, 0) is 35.6 Å². The van der Waals surface area contributed by atoms with E-state index in [-0.39, 0.29) is 11.8 Å². The van der Waals surface area contributed by atoms with E-state index in [2.05, 4.69) is 5.10 Å². The average molecular weight is 381 g/mol. The number of hydrogen-bond acceptors (Lipinski definition) is 4. The van der Waals surface area contributed by atoms with Crippen molar-refractivity contribution in [1.29, 1.82) is 0 Å². The van der Waals surface area contributed by atoms with Gasteiger partial charge in [0.05, 0.1) is 10.4 Å². The van der Waals surface area contributed by atoms with Gasteiger partial charge in [-0.15, -0.1) is 11.3 Å². The van der Waals surface area contributed by atoms with Crippen molar-refractivity contribution in [1.82, 2.24) is 14.7 Å². The fraction of sp³-hybridized carbons (Fsp3) is 0.250. The monoisotopic (exact) mass is 381 g/mol. The summed E-state index contributed by atoms with van der Waals surface area (Å²) in [5, 5.41) is 15.9. The summed E-state index contributed by atoms with van der Waals surface area (Å²) < 4.78 is 1.62. The van der Waals surface area contributed by atoms with Crippen LogP contribution in [-0.4, -0.2) is 44.8 Å². The number of aromatic carboxylic acids is 1.